The molecule has 4 amide bonds. The number of amides is 4. The summed E-state index contributed by atoms with van der Waals surface area (Å²) in [5, 5.41) is 24.7. The second-order valence-corrected chi connectivity index (χ2v) is 18.5. The first-order valence-electron chi connectivity index (χ1n) is 20.3. The monoisotopic (exact) mass is 865 g/mol. The van der Waals surface area contributed by atoms with Crippen LogP contribution in [0.25, 0.3) is 22.4 Å². The van der Waals surface area contributed by atoms with Crippen LogP contribution in [0, 0.1) is 28.1 Å². The van der Waals surface area contributed by atoms with Crippen molar-refractivity contribution in [3.8, 4) is 23.4 Å². The lowest BCUT2D eigenvalue weighted by Gasteiger charge is -2.33. The number of rotatable bonds is 5. The van der Waals surface area contributed by atoms with Gasteiger partial charge in [-0.05, 0) is 53.9 Å². The van der Waals surface area contributed by atoms with Crippen molar-refractivity contribution in [1.29, 1.82) is 10.5 Å². The lowest BCUT2D eigenvalue weighted by molar-refractivity contribution is -0.135. The Bertz CT molecular complexity index is 2230. The number of carbonyl (C=O) groups excluding carboxylic acids is 5. The van der Waals surface area contributed by atoms with Crippen LogP contribution in [0.4, 0.5) is 18.4 Å². The van der Waals surface area contributed by atoms with E-state index in [1.54, 1.807) is 50.0 Å². The summed E-state index contributed by atoms with van der Waals surface area (Å²) in [6, 6.07) is 2.28. The number of Topliss-reactive ketones (excluding diaryl/α,β-unsaturated/α-hetero) is 1. The quantitative estimate of drug-likeness (QED) is 0.324. The molecule has 2 N–H and O–H groups in total. The second kappa shape index (κ2) is 18.8. The molecule has 3 fully saturated rings. The summed E-state index contributed by atoms with van der Waals surface area (Å²) >= 11 is 0. The molecule has 0 radical (unpaired) electrons. The van der Waals surface area contributed by atoms with Crippen LogP contribution in [0.2, 0.25) is 0 Å². The number of ether oxygens (including phenoxy) is 2. The number of aromatic amines is 1. The topological polar surface area (TPSA) is 233 Å². The Morgan fingerprint density at radius 3 is 1.94 bits per heavy atom. The van der Waals surface area contributed by atoms with Gasteiger partial charge in [-0.3, -0.25) is 19.1 Å². The summed E-state index contributed by atoms with van der Waals surface area (Å²) in [7, 11) is 0. The number of nitrogens with one attached hydrogen (secondary N) is 2. The fraction of sp³-hybridized carbons (Fsp3) is 0.619. The fourth-order valence-corrected chi connectivity index (χ4v) is 6.42. The predicted molar refractivity (Wildman–Crippen MR) is 221 cm³/mol. The number of ketones is 1. The van der Waals surface area contributed by atoms with Gasteiger partial charge in [0.15, 0.2) is 11.4 Å². The maximum atomic E-state index is 14.4. The van der Waals surface area contributed by atoms with Gasteiger partial charge in [-0.15, -0.1) is 0 Å². The molecule has 3 aromatic rings. The number of nitrogens with zero attached hydrogens (tertiary/aromatic N) is 9. The normalized spacial score (nSPS) is 20.6. The zero-order valence-electron chi connectivity index (χ0n) is 37.1. The first kappa shape index (κ1) is 48.5. The predicted octanol–water partition coefficient (Wildman–Crippen LogP) is 5.51. The van der Waals surface area contributed by atoms with Crippen molar-refractivity contribution < 1.29 is 42.2 Å². The number of H-pyrrole nitrogens is 1. The van der Waals surface area contributed by atoms with E-state index < -0.39 is 58.0 Å². The molecule has 0 aliphatic carbocycles. The highest BCUT2D eigenvalue weighted by molar-refractivity contribution is 6.06. The summed E-state index contributed by atoms with van der Waals surface area (Å²) in [6.07, 6.45) is 6.15. The number of aromatic nitrogens is 5. The maximum Gasteiger partial charge on any atom is 0.410 e. The van der Waals surface area contributed by atoms with Crippen molar-refractivity contribution in [3.05, 3.63) is 30.4 Å². The number of likely N-dealkylation sites (tertiary alicyclic amines) is 3. The average molecular weight is 866 g/mol. The molecule has 62 heavy (non-hydrogen) atoms. The van der Waals surface area contributed by atoms with Gasteiger partial charge in [0, 0.05) is 63.4 Å². The largest absolute Gasteiger partial charge is 0.444 e. The summed E-state index contributed by atoms with van der Waals surface area (Å²) < 4.78 is 39.8. The van der Waals surface area contributed by atoms with Crippen LogP contribution in [-0.2, 0) is 25.6 Å². The van der Waals surface area contributed by atoms with Crippen molar-refractivity contribution in [2.45, 2.75) is 124 Å². The highest BCUT2D eigenvalue weighted by Gasteiger charge is 2.45. The number of carbonyl (C=O) groups is 5. The summed E-state index contributed by atoms with van der Waals surface area (Å²) in [5.74, 6) is -0.818. The maximum absolute atomic E-state index is 14.4. The zero-order valence-corrected chi connectivity index (χ0v) is 37.1. The number of hydrogen-bond acceptors (Lipinski definition) is 12. The molecule has 3 atom stereocenters. The van der Waals surface area contributed by atoms with Crippen LogP contribution < -0.4 is 5.32 Å². The molecular weight excluding hydrogens is 809 g/mol. The van der Waals surface area contributed by atoms with E-state index in [1.807, 2.05) is 54.7 Å². The Morgan fingerprint density at radius 2 is 1.45 bits per heavy atom. The number of hydrogen-bond donors (Lipinski definition) is 2. The van der Waals surface area contributed by atoms with E-state index in [-0.39, 0.29) is 56.9 Å². The summed E-state index contributed by atoms with van der Waals surface area (Å²) in [5.41, 5.74) is -3.31. The van der Waals surface area contributed by atoms with E-state index in [2.05, 4.69) is 25.4 Å². The van der Waals surface area contributed by atoms with Crippen LogP contribution in [-0.4, -0.2) is 137 Å². The zero-order chi connectivity index (χ0) is 46.4. The van der Waals surface area contributed by atoms with E-state index in [0.717, 1.165) is 5.56 Å². The Morgan fingerprint density at radius 1 is 0.887 bits per heavy atom. The molecule has 0 aromatic carbocycles. The van der Waals surface area contributed by atoms with Gasteiger partial charge < -0.3 is 34.5 Å². The number of halogens is 2. The molecule has 3 aromatic heterocycles. The van der Waals surface area contributed by atoms with Crippen molar-refractivity contribution in [2.24, 2.45) is 5.41 Å². The molecule has 18 nitrogen and oxygen atoms in total. The average Bonchev–Trinajstić information content (AvgIpc) is 4.03. The van der Waals surface area contributed by atoms with Gasteiger partial charge in [0.1, 0.15) is 34.9 Å². The van der Waals surface area contributed by atoms with Crippen molar-refractivity contribution in [1.82, 2.24) is 44.7 Å². The summed E-state index contributed by atoms with van der Waals surface area (Å²) in [4.78, 5) is 76.1. The molecule has 3 aliphatic heterocycles. The molecule has 0 saturated carbocycles. The molecular formula is C42H57F2N11O7. The van der Waals surface area contributed by atoms with Crippen LogP contribution in [0.3, 0.4) is 0 Å². The molecule has 6 heterocycles. The van der Waals surface area contributed by atoms with E-state index >= 15 is 0 Å². The van der Waals surface area contributed by atoms with Gasteiger partial charge in [0.25, 0.3) is 5.91 Å². The van der Waals surface area contributed by atoms with Crippen LogP contribution in [0.5, 0.6) is 0 Å². The third-order valence-electron chi connectivity index (χ3n) is 9.75. The standard InChI is InChI=1S/C23H27FN8O2.C10H15FN2O2.C9H15NO3/c1-5-32-11-14(8-28-32)16-10-27-19-17(29-16)15(9-26-19)20(33)30-18(22(2,3)4)21(34)31-7-6-23(24,12-25)13-31;1-9(2,3)15-8(14)13-5-4-10(11,6-12)7-13;1-9(2,3)13-8(12)10-5-4-7(11)6-10/h8-11,18H,5-7,13H2,1-4H3,(H,26,27)(H,30,33);4-5,7H2,1-3H3;4-6H2,1-3H3/t18-,23?;;/m0../s1. The van der Waals surface area contributed by atoms with Gasteiger partial charge in [-0.25, -0.2) is 28.3 Å². The smallest absolute Gasteiger partial charge is 0.410 e. The van der Waals surface area contributed by atoms with Crippen LogP contribution in [0.15, 0.2) is 24.8 Å². The van der Waals surface area contributed by atoms with E-state index in [4.69, 9.17) is 20.0 Å². The molecule has 2 unspecified atom stereocenters. The minimum atomic E-state index is -2.06. The minimum absolute atomic E-state index is 0.0462. The molecule has 0 spiro atoms. The number of aryl methyl sites for hydroxylation is 1. The molecule has 0 bridgehead atoms. The van der Waals surface area contributed by atoms with Crippen molar-refractivity contribution in [3.63, 3.8) is 0 Å². The van der Waals surface area contributed by atoms with Gasteiger partial charge >= 0.3 is 12.2 Å². The Labute approximate surface area is 359 Å². The van der Waals surface area contributed by atoms with Crippen LogP contribution in [0.1, 0.15) is 98.9 Å². The fourth-order valence-electron chi connectivity index (χ4n) is 6.42. The van der Waals surface area contributed by atoms with Crippen molar-refractivity contribution >= 4 is 40.9 Å². The van der Waals surface area contributed by atoms with Crippen molar-refractivity contribution in [2.75, 3.05) is 39.3 Å². The second-order valence-electron chi connectivity index (χ2n) is 18.5. The van der Waals surface area contributed by atoms with Gasteiger partial charge in [-0.2, -0.15) is 15.6 Å². The third-order valence-corrected chi connectivity index (χ3v) is 9.75. The number of fused-ring (bicyclic) bond motifs is 1. The van der Waals surface area contributed by atoms with Crippen LogP contribution >= 0.6 is 0 Å². The SMILES string of the molecule is CC(C)(C)OC(=O)N1CCC(=O)C1.CC(C)(C)OC(=O)N1CCC(F)(C#N)C1.CCn1cc(-c2cnc3[nH]cc(C(=O)N[C@@H](C(=O)N4CCC(F)(C#N)C4)C(C)(C)C)c3n2)cn1. The highest BCUT2D eigenvalue weighted by Crippen LogP contribution is 2.30. The van der Waals surface area contributed by atoms with E-state index in [0.29, 0.717) is 36.4 Å². The van der Waals surface area contributed by atoms with E-state index in [1.165, 1.54) is 20.9 Å². The molecule has 3 aliphatic rings. The number of nitriles is 2. The lowest BCUT2D eigenvalue weighted by Crippen LogP contribution is -2.54. The molecule has 6 rings (SSSR count). The van der Waals surface area contributed by atoms with E-state index in [9.17, 15) is 32.8 Å². The first-order valence-corrected chi connectivity index (χ1v) is 20.3. The van der Waals surface area contributed by atoms with Gasteiger partial charge in [-0.1, -0.05) is 20.8 Å². The lowest BCUT2D eigenvalue weighted by atomic mass is 9.85. The first-order chi connectivity index (χ1) is 28.7. The Balaban J connectivity index is 0.000000248. The highest BCUT2D eigenvalue weighted by atomic mass is 19.1. The summed E-state index contributed by atoms with van der Waals surface area (Å²) in [6.45, 7) is 19.3. The Kier molecular flexibility index (Phi) is 14.7. The molecule has 3 saturated heterocycles. The third kappa shape index (κ3) is 12.9. The molecule has 20 heteroatoms. The molecule has 336 valence electrons. The van der Waals surface area contributed by atoms with Gasteiger partial charge in [0.05, 0.1) is 43.3 Å². The minimum Gasteiger partial charge on any atom is -0.444 e. The van der Waals surface area contributed by atoms with Gasteiger partial charge in [0.2, 0.25) is 17.2 Å². The Hall–Kier alpha value is -6.18. The number of alkyl halides is 2.